The van der Waals surface area contributed by atoms with Gasteiger partial charge < -0.3 is 15.3 Å². The summed E-state index contributed by atoms with van der Waals surface area (Å²) >= 11 is 1.90. The van der Waals surface area contributed by atoms with E-state index in [4.69, 9.17) is 5.11 Å². The first kappa shape index (κ1) is 15.1. The Hall–Kier alpha value is -0.910. The highest BCUT2D eigenvalue weighted by Gasteiger charge is 2.25. The monoisotopic (exact) mass is 274 g/mol. The number of aliphatic carboxylic acids is 1. The van der Waals surface area contributed by atoms with Gasteiger partial charge >= 0.3 is 12.0 Å². The molecule has 1 saturated heterocycles. The number of carbonyl (C=O) groups excluding carboxylic acids is 1. The first-order chi connectivity index (χ1) is 8.38. The number of hydrogen-bond donors (Lipinski definition) is 2. The molecule has 0 spiro atoms. The summed E-state index contributed by atoms with van der Waals surface area (Å²) in [4.78, 5) is 24.3. The molecule has 0 bridgehead atoms. The van der Waals surface area contributed by atoms with E-state index in [0.717, 1.165) is 13.1 Å². The fourth-order valence-corrected chi connectivity index (χ4v) is 3.41. The third-order valence-electron chi connectivity index (χ3n) is 2.83. The van der Waals surface area contributed by atoms with Crippen LogP contribution in [0.3, 0.4) is 0 Å². The maximum Gasteiger partial charge on any atom is 0.317 e. The number of amides is 2. The van der Waals surface area contributed by atoms with Crippen molar-refractivity contribution in [1.82, 2.24) is 10.2 Å². The van der Waals surface area contributed by atoms with E-state index in [1.54, 1.807) is 0 Å². The fourth-order valence-electron chi connectivity index (χ4n) is 2.09. The lowest BCUT2D eigenvalue weighted by molar-refractivity contribution is -0.137. The average Bonchev–Trinajstić information content (AvgIpc) is 2.23. The molecular weight excluding hydrogens is 252 g/mol. The Morgan fingerprint density at radius 3 is 2.44 bits per heavy atom. The predicted molar refractivity (Wildman–Crippen MR) is 72.9 cm³/mol. The van der Waals surface area contributed by atoms with Gasteiger partial charge in [0.2, 0.25) is 0 Å². The zero-order valence-electron chi connectivity index (χ0n) is 11.2. The third kappa shape index (κ3) is 5.16. The van der Waals surface area contributed by atoms with Crippen LogP contribution in [0.2, 0.25) is 0 Å². The first-order valence-electron chi connectivity index (χ1n) is 6.28. The lowest BCUT2D eigenvalue weighted by Crippen LogP contribution is -2.49. The van der Waals surface area contributed by atoms with Gasteiger partial charge in [-0.2, -0.15) is 11.8 Å². The fraction of sp³-hybridized carbons (Fsp3) is 0.833. The molecule has 1 heterocycles. The highest BCUT2D eigenvalue weighted by atomic mass is 32.2. The van der Waals surface area contributed by atoms with E-state index < -0.39 is 5.97 Å². The van der Waals surface area contributed by atoms with Crippen molar-refractivity contribution >= 4 is 23.8 Å². The summed E-state index contributed by atoms with van der Waals surface area (Å²) in [6, 6.07) is -0.0776. The number of nitrogens with zero attached hydrogens (tertiary/aromatic N) is 1. The standard InChI is InChI=1S/C12H22N2O3S/c1-8(4-11(15)16)5-13-12(17)14-6-9(2)18-10(3)7-14/h8-10H,4-7H2,1-3H3,(H,13,17)(H,15,16). The Bertz CT molecular complexity index is 302. The molecule has 0 aromatic heterocycles. The van der Waals surface area contributed by atoms with Gasteiger partial charge in [-0.3, -0.25) is 4.79 Å². The van der Waals surface area contributed by atoms with E-state index in [1.165, 1.54) is 0 Å². The van der Waals surface area contributed by atoms with Crippen LogP contribution in [0.5, 0.6) is 0 Å². The molecule has 3 atom stereocenters. The molecule has 6 heteroatoms. The summed E-state index contributed by atoms with van der Waals surface area (Å²) in [7, 11) is 0. The molecule has 2 N–H and O–H groups in total. The molecule has 1 fully saturated rings. The van der Waals surface area contributed by atoms with Gasteiger partial charge in [-0.05, 0) is 5.92 Å². The van der Waals surface area contributed by atoms with E-state index in [-0.39, 0.29) is 18.4 Å². The number of thioether (sulfide) groups is 1. The quantitative estimate of drug-likeness (QED) is 0.817. The third-order valence-corrected chi connectivity index (χ3v) is 4.06. The van der Waals surface area contributed by atoms with Crippen LogP contribution in [0.1, 0.15) is 27.2 Å². The van der Waals surface area contributed by atoms with Gasteiger partial charge in [-0.15, -0.1) is 0 Å². The molecule has 104 valence electrons. The molecule has 18 heavy (non-hydrogen) atoms. The molecule has 0 aromatic carbocycles. The zero-order valence-corrected chi connectivity index (χ0v) is 12.0. The van der Waals surface area contributed by atoms with Crippen LogP contribution in [-0.2, 0) is 4.79 Å². The Balaban J connectivity index is 2.34. The molecular formula is C12H22N2O3S. The van der Waals surface area contributed by atoms with Crippen LogP contribution in [0, 0.1) is 5.92 Å². The molecule has 2 amide bonds. The van der Waals surface area contributed by atoms with E-state index in [0.29, 0.717) is 17.0 Å². The summed E-state index contributed by atoms with van der Waals surface area (Å²) < 4.78 is 0. The van der Waals surface area contributed by atoms with Crippen molar-refractivity contribution < 1.29 is 14.7 Å². The molecule has 1 rings (SSSR count). The molecule has 0 aliphatic carbocycles. The van der Waals surface area contributed by atoms with Crippen molar-refractivity contribution in [3.05, 3.63) is 0 Å². The lowest BCUT2D eigenvalue weighted by atomic mass is 10.1. The van der Waals surface area contributed by atoms with Crippen molar-refractivity contribution in [1.29, 1.82) is 0 Å². The summed E-state index contributed by atoms with van der Waals surface area (Å²) in [6.07, 6.45) is 0.0862. The lowest BCUT2D eigenvalue weighted by Gasteiger charge is -2.34. The summed E-state index contributed by atoms with van der Waals surface area (Å²) in [5, 5.41) is 12.4. The minimum absolute atomic E-state index is 0.0412. The highest BCUT2D eigenvalue weighted by Crippen LogP contribution is 2.24. The highest BCUT2D eigenvalue weighted by molar-refractivity contribution is 8.00. The zero-order chi connectivity index (χ0) is 13.7. The van der Waals surface area contributed by atoms with E-state index in [9.17, 15) is 9.59 Å². The Morgan fingerprint density at radius 1 is 1.39 bits per heavy atom. The largest absolute Gasteiger partial charge is 0.481 e. The number of nitrogens with one attached hydrogen (secondary N) is 1. The van der Waals surface area contributed by atoms with Crippen molar-refractivity contribution in [2.45, 2.75) is 37.7 Å². The number of carboxylic acids is 1. The molecule has 0 saturated carbocycles. The minimum atomic E-state index is -0.826. The van der Waals surface area contributed by atoms with Crippen LogP contribution < -0.4 is 5.32 Å². The number of carboxylic acid groups (broad SMARTS) is 1. The second kappa shape index (κ2) is 6.87. The number of urea groups is 1. The molecule has 0 radical (unpaired) electrons. The number of rotatable bonds is 4. The summed E-state index contributed by atoms with van der Waals surface area (Å²) in [6.45, 7) is 7.99. The summed E-state index contributed by atoms with van der Waals surface area (Å²) in [5.41, 5.74) is 0. The molecule has 5 nitrogen and oxygen atoms in total. The van der Waals surface area contributed by atoms with Gasteiger partial charge in [0.25, 0.3) is 0 Å². The maximum atomic E-state index is 11.9. The van der Waals surface area contributed by atoms with Gasteiger partial charge in [0.15, 0.2) is 0 Å². The predicted octanol–water partition coefficient (Wildman–Crippen LogP) is 1.63. The minimum Gasteiger partial charge on any atom is -0.481 e. The van der Waals surface area contributed by atoms with Gasteiger partial charge in [0.05, 0.1) is 0 Å². The smallest absolute Gasteiger partial charge is 0.317 e. The second-order valence-electron chi connectivity index (χ2n) is 5.05. The van der Waals surface area contributed by atoms with E-state index >= 15 is 0 Å². The maximum absolute atomic E-state index is 11.9. The number of carbonyl (C=O) groups is 2. The van der Waals surface area contributed by atoms with Crippen LogP contribution in [0.4, 0.5) is 4.79 Å². The average molecular weight is 274 g/mol. The van der Waals surface area contributed by atoms with Crippen molar-refractivity contribution in [3.63, 3.8) is 0 Å². The first-order valence-corrected chi connectivity index (χ1v) is 7.22. The second-order valence-corrected chi connectivity index (χ2v) is 6.93. The molecule has 3 unspecified atom stereocenters. The van der Waals surface area contributed by atoms with Crippen LogP contribution in [0.25, 0.3) is 0 Å². The van der Waals surface area contributed by atoms with Crippen molar-refractivity contribution in [3.8, 4) is 0 Å². The van der Waals surface area contributed by atoms with Gasteiger partial charge in [0, 0.05) is 36.6 Å². The van der Waals surface area contributed by atoms with Gasteiger partial charge in [-0.1, -0.05) is 20.8 Å². The molecule has 1 aliphatic rings. The Labute approximate surface area is 112 Å². The Kier molecular flexibility index (Phi) is 5.78. The SMILES string of the molecule is CC(CNC(=O)N1CC(C)SC(C)C1)CC(=O)O. The van der Waals surface area contributed by atoms with Crippen LogP contribution >= 0.6 is 11.8 Å². The molecule has 0 aromatic rings. The van der Waals surface area contributed by atoms with Crippen LogP contribution in [-0.4, -0.2) is 52.1 Å². The molecule has 1 aliphatic heterocycles. The number of hydrogen-bond acceptors (Lipinski definition) is 3. The topological polar surface area (TPSA) is 69.6 Å². The van der Waals surface area contributed by atoms with E-state index in [1.807, 2.05) is 23.6 Å². The van der Waals surface area contributed by atoms with Crippen molar-refractivity contribution in [2.24, 2.45) is 5.92 Å². The van der Waals surface area contributed by atoms with E-state index in [2.05, 4.69) is 19.2 Å². The van der Waals surface area contributed by atoms with Gasteiger partial charge in [0.1, 0.15) is 0 Å². The van der Waals surface area contributed by atoms with Crippen LogP contribution in [0.15, 0.2) is 0 Å². The normalized spacial score (nSPS) is 25.6. The Morgan fingerprint density at radius 2 is 1.94 bits per heavy atom. The summed E-state index contributed by atoms with van der Waals surface area (Å²) in [5.74, 6) is -0.867. The van der Waals surface area contributed by atoms with Crippen molar-refractivity contribution in [2.75, 3.05) is 19.6 Å². The van der Waals surface area contributed by atoms with Gasteiger partial charge in [-0.25, -0.2) is 4.79 Å².